The third-order valence-electron chi connectivity index (χ3n) is 3.05. The fourth-order valence-electron chi connectivity index (χ4n) is 2.05. The van der Waals surface area contributed by atoms with Crippen LogP contribution in [0.2, 0.25) is 0 Å². The van der Waals surface area contributed by atoms with Gasteiger partial charge in [0.2, 0.25) is 0 Å². The summed E-state index contributed by atoms with van der Waals surface area (Å²) in [7, 11) is 0. The number of hydrogen-bond acceptors (Lipinski definition) is 2. The van der Waals surface area contributed by atoms with Crippen molar-refractivity contribution in [1.29, 1.82) is 0 Å². The van der Waals surface area contributed by atoms with Gasteiger partial charge in [0.1, 0.15) is 0 Å². The first-order valence-electron chi connectivity index (χ1n) is 6.23. The second-order valence-electron chi connectivity index (χ2n) is 4.45. The fourth-order valence-corrected chi connectivity index (χ4v) is 2.45. The summed E-state index contributed by atoms with van der Waals surface area (Å²) in [5, 5.41) is 7.50. The van der Waals surface area contributed by atoms with Crippen LogP contribution in [-0.2, 0) is 0 Å². The van der Waals surface area contributed by atoms with E-state index in [0.717, 1.165) is 6.54 Å². The molecule has 0 radical (unpaired) electrons. The van der Waals surface area contributed by atoms with Gasteiger partial charge in [0.15, 0.2) is 10.2 Å². The van der Waals surface area contributed by atoms with Crippen LogP contribution in [0.25, 0.3) is 0 Å². The van der Waals surface area contributed by atoms with Crippen LogP contribution in [0.3, 0.4) is 0 Å². The highest BCUT2D eigenvalue weighted by Crippen LogP contribution is 2.23. The minimum Gasteiger partial charge on any atom is -0.362 e. The van der Waals surface area contributed by atoms with Gasteiger partial charge in [0.05, 0.1) is 0 Å². The molecule has 0 unspecified atom stereocenters. The van der Waals surface area contributed by atoms with Gasteiger partial charge in [-0.25, -0.2) is 0 Å². The topological polar surface area (TPSA) is 48.1 Å². The van der Waals surface area contributed by atoms with Crippen LogP contribution in [0.4, 0.5) is 0 Å². The Hall–Kier alpha value is -0.620. The molecule has 0 spiro atoms. The summed E-state index contributed by atoms with van der Waals surface area (Å²) in [6.07, 6.45) is 5.10. The van der Waals surface area contributed by atoms with Crippen LogP contribution in [0.1, 0.15) is 39.5 Å². The van der Waals surface area contributed by atoms with E-state index in [1.54, 1.807) is 0 Å². The van der Waals surface area contributed by atoms with Crippen LogP contribution >= 0.6 is 24.4 Å². The van der Waals surface area contributed by atoms with Gasteiger partial charge in [0.25, 0.3) is 0 Å². The molecule has 0 heterocycles. The van der Waals surface area contributed by atoms with Crippen molar-refractivity contribution in [2.45, 2.75) is 45.6 Å². The molecule has 98 valence electrons. The lowest BCUT2D eigenvalue weighted by atomic mass is 9.86. The summed E-state index contributed by atoms with van der Waals surface area (Å²) in [6.45, 7) is 5.07. The molecule has 6 heteroatoms. The van der Waals surface area contributed by atoms with Gasteiger partial charge >= 0.3 is 0 Å². The predicted octanol–water partition coefficient (Wildman–Crippen LogP) is 1.43. The SMILES string of the molecule is CCNC(=S)NNC(=S)N[C@H]1CCCC[C@H]1C. The van der Waals surface area contributed by atoms with E-state index in [1.165, 1.54) is 25.7 Å². The van der Waals surface area contributed by atoms with Crippen molar-refractivity contribution in [1.82, 2.24) is 21.5 Å². The zero-order valence-corrected chi connectivity index (χ0v) is 12.1. The summed E-state index contributed by atoms with van der Waals surface area (Å²) in [5.74, 6) is 0.684. The number of rotatable bonds is 2. The Morgan fingerprint density at radius 3 is 2.41 bits per heavy atom. The van der Waals surface area contributed by atoms with E-state index in [-0.39, 0.29) is 0 Å². The lowest BCUT2D eigenvalue weighted by Gasteiger charge is -2.30. The van der Waals surface area contributed by atoms with Gasteiger partial charge in [-0.1, -0.05) is 19.8 Å². The van der Waals surface area contributed by atoms with E-state index in [4.69, 9.17) is 24.4 Å². The molecule has 1 aliphatic carbocycles. The molecular weight excluding hydrogens is 252 g/mol. The summed E-state index contributed by atoms with van der Waals surface area (Å²) in [6, 6.07) is 0.484. The van der Waals surface area contributed by atoms with Crippen molar-refractivity contribution < 1.29 is 0 Å². The van der Waals surface area contributed by atoms with Crippen molar-refractivity contribution in [2.75, 3.05) is 6.54 Å². The van der Waals surface area contributed by atoms with Crippen molar-refractivity contribution in [3.05, 3.63) is 0 Å². The van der Waals surface area contributed by atoms with E-state index >= 15 is 0 Å². The minimum atomic E-state index is 0.484. The standard InChI is InChI=1S/C11H22N4S2/c1-3-12-10(16)14-15-11(17)13-9-7-5-4-6-8(9)2/h8-9H,3-7H2,1-2H3,(H2,12,14,16)(H2,13,15,17)/t8-,9+/m1/s1. The lowest BCUT2D eigenvalue weighted by molar-refractivity contribution is 0.308. The Morgan fingerprint density at radius 2 is 1.76 bits per heavy atom. The number of thiocarbonyl (C=S) groups is 2. The maximum Gasteiger partial charge on any atom is 0.185 e. The Labute approximate surface area is 114 Å². The predicted molar refractivity (Wildman–Crippen MR) is 79.7 cm³/mol. The molecule has 0 amide bonds. The molecule has 0 aromatic carbocycles. The smallest absolute Gasteiger partial charge is 0.185 e. The Kier molecular flexibility index (Phi) is 6.50. The first-order chi connectivity index (χ1) is 8.13. The summed E-state index contributed by atoms with van der Waals surface area (Å²) < 4.78 is 0. The zero-order valence-electron chi connectivity index (χ0n) is 10.5. The van der Waals surface area contributed by atoms with Gasteiger partial charge in [0, 0.05) is 12.6 Å². The Balaban J connectivity index is 2.22. The zero-order chi connectivity index (χ0) is 12.7. The molecule has 1 fully saturated rings. The average Bonchev–Trinajstić information content (AvgIpc) is 2.30. The molecule has 0 bridgehead atoms. The Morgan fingerprint density at radius 1 is 1.12 bits per heavy atom. The largest absolute Gasteiger partial charge is 0.362 e. The quantitative estimate of drug-likeness (QED) is 0.451. The van der Waals surface area contributed by atoms with Gasteiger partial charge in [-0.3, -0.25) is 10.9 Å². The van der Waals surface area contributed by atoms with Crippen LogP contribution in [-0.4, -0.2) is 22.8 Å². The summed E-state index contributed by atoms with van der Waals surface area (Å²) in [5.41, 5.74) is 5.76. The highest BCUT2D eigenvalue weighted by Gasteiger charge is 2.21. The average molecular weight is 274 g/mol. The number of hydrazine groups is 1. The molecular formula is C11H22N4S2. The molecule has 0 saturated heterocycles. The summed E-state index contributed by atoms with van der Waals surface area (Å²) in [4.78, 5) is 0. The third kappa shape index (κ3) is 5.50. The molecule has 17 heavy (non-hydrogen) atoms. The molecule has 2 atom stereocenters. The van der Waals surface area contributed by atoms with Gasteiger partial charge < -0.3 is 10.6 Å². The van der Waals surface area contributed by atoms with E-state index in [2.05, 4.69) is 28.4 Å². The number of hydrogen-bond donors (Lipinski definition) is 4. The lowest BCUT2D eigenvalue weighted by Crippen LogP contribution is -2.53. The van der Waals surface area contributed by atoms with Gasteiger partial charge in [-0.2, -0.15) is 0 Å². The third-order valence-corrected chi connectivity index (χ3v) is 3.52. The molecule has 4 nitrogen and oxygen atoms in total. The van der Waals surface area contributed by atoms with Crippen molar-refractivity contribution in [2.24, 2.45) is 5.92 Å². The molecule has 4 N–H and O–H groups in total. The molecule has 0 aliphatic heterocycles. The molecule has 1 aliphatic rings. The van der Waals surface area contributed by atoms with Crippen LogP contribution in [0.5, 0.6) is 0 Å². The second kappa shape index (κ2) is 7.66. The van der Waals surface area contributed by atoms with E-state index in [0.29, 0.717) is 22.2 Å². The molecule has 1 rings (SSSR count). The van der Waals surface area contributed by atoms with Crippen LogP contribution in [0.15, 0.2) is 0 Å². The van der Waals surface area contributed by atoms with Gasteiger partial charge in [-0.05, 0) is 50.1 Å². The first kappa shape index (κ1) is 14.4. The minimum absolute atomic E-state index is 0.484. The maximum absolute atomic E-state index is 5.22. The van der Waals surface area contributed by atoms with Crippen molar-refractivity contribution >= 4 is 34.7 Å². The van der Waals surface area contributed by atoms with Crippen molar-refractivity contribution in [3.8, 4) is 0 Å². The molecule has 1 saturated carbocycles. The van der Waals surface area contributed by atoms with Crippen LogP contribution in [0, 0.1) is 5.92 Å². The highest BCUT2D eigenvalue weighted by molar-refractivity contribution is 7.80. The van der Waals surface area contributed by atoms with Gasteiger partial charge in [-0.15, -0.1) is 0 Å². The maximum atomic E-state index is 5.22. The highest BCUT2D eigenvalue weighted by atomic mass is 32.1. The van der Waals surface area contributed by atoms with E-state index in [1.807, 2.05) is 6.92 Å². The molecule has 0 aromatic rings. The van der Waals surface area contributed by atoms with Crippen molar-refractivity contribution in [3.63, 3.8) is 0 Å². The first-order valence-corrected chi connectivity index (χ1v) is 7.05. The molecule has 0 aromatic heterocycles. The number of nitrogens with one attached hydrogen (secondary N) is 4. The van der Waals surface area contributed by atoms with E-state index in [9.17, 15) is 0 Å². The summed E-state index contributed by atoms with van der Waals surface area (Å²) >= 11 is 10.2. The monoisotopic (exact) mass is 274 g/mol. The second-order valence-corrected chi connectivity index (χ2v) is 5.27. The normalized spacial score (nSPS) is 23.6. The van der Waals surface area contributed by atoms with E-state index < -0.39 is 0 Å². The van der Waals surface area contributed by atoms with Crippen LogP contribution < -0.4 is 21.5 Å². The fraction of sp³-hybridized carbons (Fsp3) is 0.818. The Bertz CT molecular complexity index is 270.